The Morgan fingerprint density at radius 2 is 1.90 bits per heavy atom. The first-order chi connectivity index (χ1) is 9.75. The molecule has 1 fully saturated rings. The van der Waals surface area contributed by atoms with E-state index in [2.05, 4.69) is 4.98 Å². The molecule has 0 aliphatic carbocycles. The van der Waals surface area contributed by atoms with E-state index in [4.69, 9.17) is 20.8 Å². The first-order valence-corrected chi connectivity index (χ1v) is 7.20. The van der Waals surface area contributed by atoms with Gasteiger partial charge in [0, 0.05) is 18.8 Å². The smallest absolute Gasteiger partial charge is 0.400 e. The predicted octanol–water partition coefficient (Wildman–Crippen LogP) is 1.68. The molecule has 1 unspecified atom stereocenters. The van der Waals surface area contributed by atoms with Gasteiger partial charge in [0.15, 0.2) is 0 Å². The lowest BCUT2D eigenvalue weighted by atomic mass is 9.89. The minimum Gasteiger partial charge on any atom is -0.400 e. The quantitative estimate of drug-likeness (QED) is 0.824. The number of nitrogens with zero attached hydrogens (tertiary/aromatic N) is 1. The fourth-order valence-corrected chi connectivity index (χ4v) is 2.07. The van der Waals surface area contributed by atoms with Crippen LogP contribution in [0.2, 0.25) is 0 Å². The van der Waals surface area contributed by atoms with Crippen LogP contribution in [-0.2, 0) is 9.31 Å². The van der Waals surface area contributed by atoms with Crippen molar-refractivity contribution in [2.24, 2.45) is 11.5 Å². The van der Waals surface area contributed by atoms with Crippen LogP contribution in [0, 0.1) is 0 Å². The molecule has 1 aromatic rings. The van der Waals surface area contributed by atoms with E-state index in [0.717, 1.165) is 11.3 Å². The van der Waals surface area contributed by atoms with Crippen LogP contribution in [0.5, 0.6) is 0 Å². The highest BCUT2D eigenvalue weighted by Gasteiger charge is 2.49. The van der Waals surface area contributed by atoms with Gasteiger partial charge in [0.1, 0.15) is 0 Å². The van der Waals surface area contributed by atoms with Crippen molar-refractivity contribution in [2.45, 2.75) is 44.9 Å². The van der Waals surface area contributed by atoms with Crippen molar-refractivity contribution >= 4 is 13.2 Å². The molecule has 1 aromatic heterocycles. The highest BCUT2D eigenvalue weighted by Crippen LogP contribution is 2.36. The Labute approximate surface area is 126 Å². The fraction of sp³-hybridized carbons (Fsp3) is 0.533. The van der Waals surface area contributed by atoms with Crippen molar-refractivity contribution in [3.8, 4) is 0 Å². The molecule has 0 saturated carbocycles. The monoisotopic (exact) mass is 289 g/mol. The lowest BCUT2D eigenvalue weighted by molar-refractivity contribution is 0.00578. The Morgan fingerprint density at radius 3 is 2.48 bits per heavy atom. The van der Waals surface area contributed by atoms with Crippen molar-refractivity contribution in [3.05, 3.63) is 35.6 Å². The Balaban J connectivity index is 2.09. The van der Waals surface area contributed by atoms with Gasteiger partial charge in [-0.2, -0.15) is 0 Å². The number of rotatable bonds is 4. The Morgan fingerprint density at radius 1 is 1.29 bits per heavy atom. The molecule has 21 heavy (non-hydrogen) atoms. The van der Waals surface area contributed by atoms with Crippen LogP contribution in [0.3, 0.4) is 0 Å². The number of nitrogens with two attached hydrogens (primary N) is 2. The van der Waals surface area contributed by atoms with Crippen molar-refractivity contribution in [1.82, 2.24) is 4.98 Å². The summed E-state index contributed by atoms with van der Waals surface area (Å²) < 4.78 is 11.8. The number of hydrogen-bond donors (Lipinski definition) is 2. The minimum absolute atomic E-state index is 0.169. The zero-order valence-corrected chi connectivity index (χ0v) is 13.2. The summed E-state index contributed by atoms with van der Waals surface area (Å²) in [5.41, 5.74) is 12.6. The standard InChI is InChI=1S/C15H24BN3O2/c1-14(2)15(3,4)21-16(20-14)7-5-12-9-11(6-8-19-12)13(18)10-17/h5-9,13H,10,17-18H2,1-4H3/b7-5+. The lowest BCUT2D eigenvalue weighted by Gasteiger charge is -2.32. The van der Waals surface area contributed by atoms with Crippen molar-refractivity contribution in [3.63, 3.8) is 0 Å². The van der Waals surface area contributed by atoms with Crippen LogP contribution >= 0.6 is 0 Å². The van der Waals surface area contributed by atoms with Crippen molar-refractivity contribution in [1.29, 1.82) is 0 Å². The van der Waals surface area contributed by atoms with E-state index in [-0.39, 0.29) is 24.4 Å². The molecule has 1 aliphatic heterocycles. The molecule has 0 amide bonds. The summed E-state index contributed by atoms with van der Waals surface area (Å²) in [6, 6.07) is 3.64. The molecule has 6 heteroatoms. The summed E-state index contributed by atoms with van der Waals surface area (Å²) >= 11 is 0. The molecule has 114 valence electrons. The third-order valence-electron chi connectivity index (χ3n) is 4.18. The molecule has 0 bridgehead atoms. The minimum atomic E-state index is -0.372. The Hall–Kier alpha value is -1.21. The molecule has 4 N–H and O–H groups in total. The molecule has 0 spiro atoms. The van der Waals surface area contributed by atoms with Crippen molar-refractivity contribution in [2.75, 3.05) is 6.54 Å². The molecular weight excluding hydrogens is 265 g/mol. The fourth-order valence-electron chi connectivity index (χ4n) is 2.07. The SMILES string of the molecule is CC1(C)OB(/C=C/c2cc(C(N)CN)ccn2)OC1(C)C. The van der Waals surface area contributed by atoms with Crippen LogP contribution in [0.4, 0.5) is 0 Å². The predicted molar refractivity (Wildman–Crippen MR) is 85.3 cm³/mol. The topological polar surface area (TPSA) is 83.4 Å². The third-order valence-corrected chi connectivity index (χ3v) is 4.18. The Bertz CT molecular complexity index is 515. The van der Waals surface area contributed by atoms with Gasteiger partial charge in [-0.15, -0.1) is 0 Å². The van der Waals surface area contributed by atoms with Gasteiger partial charge >= 0.3 is 7.12 Å². The molecule has 1 aliphatic rings. The van der Waals surface area contributed by atoms with E-state index < -0.39 is 0 Å². The molecule has 1 saturated heterocycles. The molecule has 2 heterocycles. The van der Waals surface area contributed by atoms with Crippen LogP contribution in [0.15, 0.2) is 24.3 Å². The van der Waals surface area contributed by atoms with Gasteiger partial charge in [-0.3, -0.25) is 4.98 Å². The summed E-state index contributed by atoms with van der Waals surface area (Å²) in [4.78, 5) is 4.30. The lowest BCUT2D eigenvalue weighted by Crippen LogP contribution is -2.41. The highest BCUT2D eigenvalue weighted by atomic mass is 16.7. The first kappa shape index (κ1) is 16.2. The maximum absolute atomic E-state index is 5.93. The number of hydrogen-bond acceptors (Lipinski definition) is 5. The first-order valence-electron chi connectivity index (χ1n) is 7.20. The van der Waals surface area contributed by atoms with Gasteiger partial charge in [-0.05, 0) is 51.5 Å². The molecular formula is C15H24BN3O2. The zero-order chi connectivity index (χ0) is 15.7. The van der Waals surface area contributed by atoms with Gasteiger partial charge in [-0.25, -0.2) is 0 Å². The molecule has 2 rings (SSSR count). The van der Waals surface area contributed by atoms with Gasteiger partial charge < -0.3 is 20.8 Å². The maximum atomic E-state index is 5.93. The molecule has 5 nitrogen and oxygen atoms in total. The highest BCUT2D eigenvalue weighted by molar-refractivity contribution is 6.52. The van der Waals surface area contributed by atoms with E-state index in [1.807, 2.05) is 51.9 Å². The normalized spacial score (nSPS) is 21.9. The summed E-state index contributed by atoms with van der Waals surface area (Å²) in [5, 5.41) is 0. The van der Waals surface area contributed by atoms with Crippen LogP contribution in [0.1, 0.15) is 45.0 Å². The average Bonchev–Trinajstić information content (AvgIpc) is 2.64. The van der Waals surface area contributed by atoms with Gasteiger partial charge in [-0.1, -0.05) is 5.98 Å². The largest absolute Gasteiger partial charge is 0.487 e. The Kier molecular flexibility index (Phi) is 4.53. The number of pyridine rings is 1. The maximum Gasteiger partial charge on any atom is 0.487 e. The van der Waals surface area contributed by atoms with E-state index in [9.17, 15) is 0 Å². The van der Waals surface area contributed by atoms with Crippen molar-refractivity contribution < 1.29 is 9.31 Å². The van der Waals surface area contributed by atoms with Gasteiger partial charge in [0.2, 0.25) is 0 Å². The molecule has 0 aromatic carbocycles. The van der Waals surface area contributed by atoms with Crippen LogP contribution in [0.25, 0.3) is 6.08 Å². The summed E-state index contributed by atoms with van der Waals surface area (Å²) in [7, 11) is -0.372. The second-order valence-corrected chi connectivity index (χ2v) is 6.34. The van der Waals surface area contributed by atoms with Gasteiger partial charge in [0.05, 0.1) is 16.9 Å². The van der Waals surface area contributed by atoms with Crippen LogP contribution < -0.4 is 11.5 Å². The van der Waals surface area contributed by atoms with E-state index in [1.165, 1.54) is 0 Å². The zero-order valence-electron chi connectivity index (χ0n) is 13.2. The van der Waals surface area contributed by atoms with E-state index in [0.29, 0.717) is 6.54 Å². The number of aromatic nitrogens is 1. The van der Waals surface area contributed by atoms with Gasteiger partial charge in [0.25, 0.3) is 0 Å². The molecule has 0 radical (unpaired) electrons. The van der Waals surface area contributed by atoms with E-state index in [1.54, 1.807) is 6.20 Å². The third kappa shape index (κ3) is 3.52. The molecule has 1 atom stereocenters. The second kappa shape index (κ2) is 5.89. The average molecular weight is 289 g/mol. The van der Waals surface area contributed by atoms with E-state index >= 15 is 0 Å². The second-order valence-electron chi connectivity index (χ2n) is 6.34. The summed E-state index contributed by atoms with van der Waals surface area (Å²) in [6.45, 7) is 8.52. The summed E-state index contributed by atoms with van der Waals surface area (Å²) in [6.07, 6.45) is 3.61. The van der Waals surface area contributed by atoms with Crippen LogP contribution in [-0.4, -0.2) is 29.8 Å². The summed E-state index contributed by atoms with van der Waals surface area (Å²) in [5.74, 6) is 1.87.